The van der Waals surface area contributed by atoms with Crippen LogP contribution >= 0.6 is 0 Å². The number of likely N-dealkylation sites (N-methyl/N-ethyl adjacent to an activating group) is 1. The maximum absolute atomic E-state index is 12.8. The molecule has 142 valence electrons. The maximum Gasteiger partial charge on any atom is 0.255 e. The zero-order valence-corrected chi connectivity index (χ0v) is 15.8. The average Bonchev–Trinajstić information content (AvgIpc) is 3.32. The molecule has 0 atom stereocenters. The lowest BCUT2D eigenvalue weighted by Crippen LogP contribution is -2.35. The predicted molar refractivity (Wildman–Crippen MR) is 98.5 cm³/mol. The summed E-state index contributed by atoms with van der Waals surface area (Å²) in [4.78, 5) is 26.3. The standard InChI is InChI=1S/C19H22N4O4/c1-12-8-16(14(3)23(12)10-15-6-5-7-26-15)19(25)22(4)11-18(24)20-17-9-13(2)27-21-17/h5-9H,10-11H2,1-4H3,(H,20,21,24). The quantitative estimate of drug-likeness (QED) is 0.720. The van der Waals surface area contributed by atoms with Crippen molar-refractivity contribution < 1.29 is 18.5 Å². The van der Waals surface area contributed by atoms with Crippen LogP contribution in [0.5, 0.6) is 0 Å². The molecule has 0 radical (unpaired) electrons. The van der Waals surface area contributed by atoms with Crippen molar-refractivity contribution in [2.45, 2.75) is 27.3 Å². The van der Waals surface area contributed by atoms with E-state index in [9.17, 15) is 9.59 Å². The molecule has 0 aliphatic heterocycles. The van der Waals surface area contributed by atoms with Crippen LogP contribution in [0.25, 0.3) is 0 Å². The number of hydrogen-bond donors (Lipinski definition) is 1. The number of hydrogen-bond acceptors (Lipinski definition) is 5. The van der Waals surface area contributed by atoms with Crippen LogP contribution in [-0.2, 0) is 11.3 Å². The fraction of sp³-hybridized carbons (Fsp3) is 0.316. The van der Waals surface area contributed by atoms with Crippen LogP contribution in [0.2, 0.25) is 0 Å². The molecule has 0 saturated heterocycles. The number of rotatable bonds is 6. The molecule has 0 aromatic carbocycles. The van der Waals surface area contributed by atoms with Gasteiger partial charge in [0.25, 0.3) is 5.91 Å². The second-order valence-electron chi connectivity index (χ2n) is 6.48. The summed E-state index contributed by atoms with van der Waals surface area (Å²) in [7, 11) is 1.59. The zero-order valence-electron chi connectivity index (χ0n) is 15.8. The van der Waals surface area contributed by atoms with Crippen molar-refractivity contribution in [3.05, 3.63) is 59.0 Å². The smallest absolute Gasteiger partial charge is 0.255 e. The molecule has 0 aliphatic carbocycles. The summed E-state index contributed by atoms with van der Waals surface area (Å²) in [5.41, 5.74) is 2.34. The molecular formula is C19H22N4O4. The largest absolute Gasteiger partial charge is 0.467 e. The summed E-state index contributed by atoms with van der Waals surface area (Å²) >= 11 is 0. The lowest BCUT2D eigenvalue weighted by molar-refractivity contribution is -0.116. The van der Waals surface area contributed by atoms with E-state index >= 15 is 0 Å². The molecule has 3 heterocycles. The van der Waals surface area contributed by atoms with Crippen molar-refractivity contribution in [3.8, 4) is 0 Å². The van der Waals surface area contributed by atoms with E-state index in [0.717, 1.165) is 17.1 Å². The van der Waals surface area contributed by atoms with Gasteiger partial charge in [0.15, 0.2) is 5.82 Å². The van der Waals surface area contributed by atoms with E-state index in [0.29, 0.717) is 23.7 Å². The summed E-state index contributed by atoms with van der Waals surface area (Å²) in [5, 5.41) is 6.31. The minimum atomic E-state index is -0.344. The zero-order chi connectivity index (χ0) is 19.6. The Morgan fingerprint density at radius 1 is 1.26 bits per heavy atom. The lowest BCUT2D eigenvalue weighted by atomic mass is 10.2. The highest BCUT2D eigenvalue weighted by Crippen LogP contribution is 2.19. The van der Waals surface area contributed by atoms with E-state index < -0.39 is 0 Å². The van der Waals surface area contributed by atoms with Crippen LogP contribution < -0.4 is 5.32 Å². The molecule has 8 nitrogen and oxygen atoms in total. The average molecular weight is 370 g/mol. The van der Waals surface area contributed by atoms with Crippen LogP contribution in [0.3, 0.4) is 0 Å². The van der Waals surface area contributed by atoms with Crippen LogP contribution in [-0.4, -0.2) is 40.0 Å². The van der Waals surface area contributed by atoms with Gasteiger partial charge < -0.3 is 23.7 Å². The number of furan rings is 1. The van der Waals surface area contributed by atoms with Crippen LogP contribution in [0.15, 0.2) is 39.5 Å². The summed E-state index contributed by atoms with van der Waals surface area (Å²) in [6, 6.07) is 7.17. The molecule has 8 heteroatoms. The SMILES string of the molecule is Cc1cc(NC(=O)CN(C)C(=O)c2cc(C)n(Cc3ccco3)c2C)no1. The molecule has 1 N–H and O–H groups in total. The Kier molecular flexibility index (Phi) is 5.16. The van der Waals surface area contributed by atoms with Crippen molar-refractivity contribution in [1.29, 1.82) is 0 Å². The number of anilines is 1. The molecule has 0 spiro atoms. The molecule has 3 aromatic rings. The van der Waals surface area contributed by atoms with Crippen molar-refractivity contribution in [1.82, 2.24) is 14.6 Å². The summed E-state index contributed by atoms with van der Waals surface area (Å²) in [6.07, 6.45) is 1.62. The van der Waals surface area contributed by atoms with Gasteiger partial charge in [-0.3, -0.25) is 9.59 Å². The Balaban J connectivity index is 1.68. The Morgan fingerprint density at radius 3 is 2.67 bits per heavy atom. The number of aromatic nitrogens is 2. The van der Waals surface area contributed by atoms with Crippen molar-refractivity contribution in [3.63, 3.8) is 0 Å². The monoisotopic (exact) mass is 370 g/mol. The lowest BCUT2D eigenvalue weighted by Gasteiger charge is -2.16. The van der Waals surface area contributed by atoms with E-state index in [1.807, 2.05) is 36.6 Å². The minimum Gasteiger partial charge on any atom is -0.467 e. The number of aryl methyl sites for hydroxylation is 2. The third-order valence-corrected chi connectivity index (χ3v) is 4.32. The molecule has 3 rings (SSSR count). The fourth-order valence-corrected chi connectivity index (χ4v) is 2.92. The van der Waals surface area contributed by atoms with Gasteiger partial charge in [-0.15, -0.1) is 0 Å². The molecule has 27 heavy (non-hydrogen) atoms. The summed E-state index contributed by atoms with van der Waals surface area (Å²) in [5.74, 6) is 1.17. The van der Waals surface area contributed by atoms with E-state index in [4.69, 9.17) is 8.94 Å². The molecule has 2 amide bonds. The number of carbonyl (C=O) groups is 2. The van der Waals surface area contributed by atoms with E-state index in [-0.39, 0.29) is 18.4 Å². The number of nitrogens with one attached hydrogen (secondary N) is 1. The Morgan fingerprint density at radius 2 is 2.04 bits per heavy atom. The van der Waals surface area contributed by atoms with Gasteiger partial charge in [-0.05, 0) is 39.0 Å². The number of amides is 2. The van der Waals surface area contributed by atoms with Gasteiger partial charge in [0.05, 0.1) is 24.9 Å². The molecule has 0 aliphatic rings. The Hall–Kier alpha value is -3.29. The second-order valence-corrected chi connectivity index (χ2v) is 6.48. The topological polar surface area (TPSA) is 93.5 Å². The fourth-order valence-electron chi connectivity index (χ4n) is 2.92. The van der Waals surface area contributed by atoms with Gasteiger partial charge in [0.2, 0.25) is 5.91 Å². The van der Waals surface area contributed by atoms with Gasteiger partial charge in [0.1, 0.15) is 11.5 Å². The minimum absolute atomic E-state index is 0.0907. The van der Waals surface area contributed by atoms with Gasteiger partial charge >= 0.3 is 0 Å². The highest BCUT2D eigenvalue weighted by Gasteiger charge is 2.21. The van der Waals surface area contributed by atoms with Crippen LogP contribution in [0, 0.1) is 20.8 Å². The van der Waals surface area contributed by atoms with Crippen molar-refractivity contribution in [2.24, 2.45) is 0 Å². The highest BCUT2D eigenvalue weighted by atomic mass is 16.5. The molecule has 0 fully saturated rings. The van der Waals surface area contributed by atoms with Crippen LogP contribution in [0.1, 0.15) is 33.3 Å². The van der Waals surface area contributed by atoms with Gasteiger partial charge in [-0.1, -0.05) is 5.16 Å². The predicted octanol–water partition coefficient (Wildman–Crippen LogP) is 2.75. The molecular weight excluding hydrogens is 348 g/mol. The van der Waals surface area contributed by atoms with Crippen LogP contribution in [0.4, 0.5) is 5.82 Å². The molecule has 3 aromatic heterocycles. The first-order chi connectivity index (χ1) is 12.8. The van der Waals surface area contributed by atoms with Gasteiger partial charge in [-0.25, -0.2) is 0 Å². The molecule has 0 unspecified atom stereocenters. The number of nitrogens with zero attached hydrogens (tertiary/aromatic N) is 3. The summed E-state index contributed by atoms with van der Waals surface area (Å²) in [6.45, 7) is 6.01. The van der Waals surface area contributed by atoms with Crippen molar-refractivity contribution in [2.75, 3.05) is 18.9 Å². The summed E-state index contributed by atoms with van der Waals surface area (Å²) < 4.78 is 12.3. The third kappa shape index (κ3) is 4.11. The van der Waals surface area contributed by atoms with Crippen molar-refractivity contribution >= 4 is 17.6 Å². The number of carbonyl (C=O) groups excluding carboxylic acids is 2. The molecule has 0 bridgehead atoms. The van der Waals surface area contributed by atoms with Gasteiger partial charge in [-0.2, -0.15) is 0 Å². The van der Waals surface area contributed by atoms with E-state index in [2.05, 4.69) is 10.5 Å². The first kappa shape index (κ1) is 18.5. The first-order valence-corrected chi connectivity index (χ1v) is 8.53. The van der Waals surface area contributed by atoms with E-state index in [1.165, 1.54) is 4.90 Å². The second kappa shape index (κ2) is 7.53. The van der Waals surface area contributed by atoms with E-state index in [1.54, 1.807) is 26.3 Å². The maximum atomic E-state index is 12.8. The third-order valence-electron chi connectivity index (χ3n) is 4.32. The Labute approximate surface area is 156 Å². The highest BCUT2D eigenvalue weighted by molar-refractivity contribution is 5.99. The van der Waals surface area contributed by atoms with Gasteiger partial charge in [0, 0.05) is 24.5 Å². The first-order valence-electron chi connectivity index (χ1n) is 8.53. The molecule has 0 saturated carbocycles. The normalized spacial score (nSPS) is 10.8. The Bertz CT molecular complexity index is 953.